The van der Waals surface area contributed by atoms with E-state index in [-0.39, 0.29) is 16.7 Å². The van der Waals surface area contributed by atoms with Crippen molar-refractivity contribution in [3.8, 4) is 34.5 Å². The average Bonchev–Trinajstić information content (AvgIpc) is 3.61. The van der Waals surface area contributed by atoms with E-state index in [9.17, 15) is 24.0 Å². The quantitative estimate of drug-likeness (QED) is 0.0763. The largest absolute Gasteiger partial charge is 0.497 e. The van der Waals surface area contributed by atoms with Crippen molar-refractivity contribution in [3.05, 3.63) is 167 Å². The van der Waals surface area contributed by atoms with Gasteiger partial charge >= 0.3 is 5.97 Å². The van der Waals surface area contributed by atoms with E-state index in [1.807, 2.05) is 48.5 Å². The number of ether oxygens (including phenoxy) is 4. The molecule has 0 radical (unpaired) electrons. The third-order valence-electron chi connectivity index (χ3n) is 10.0. The van der Waals surface area contributed by atoms with Crippen LogP contribution in [0.3, 0.4) is 0 Å². The summed E-state index contributed by atoms with van der Waals surface area (Å²) in [6.45, 7) is 5.50. The normalized spacial score (nSPS) is 13.4. The van der Waals surface area contributed by atoms with Gasteiger partial charge in [0.1, 0.15) is 34.5 Å². The molecule has 4 amide bonds. The van der Waals surface area contributed by atoms with Gasteiger partial charge in [0.05, 0.1) is 40.7 Å². The number of carbonyl (C=O) groups excluding carboxylic acids is 5. The van der Waals surface area contributed by atoms with Gasteiger partial charge in [0.2, 0.25) is 0 Å². The molecule has 6 aromatic carbocycles. The van der Waals surface area contributed by atoms with E-state index in [0.717, 1.165) is 20.9 Å². The van der Waals surface area contributed by atoms with Gasteiger partial charge in [-0.2, -0.15) is 0 Å². The van der Waals surface area contributed by atoms with Crippen molar-refractivity contribution in [1.29, 1.82) is 0 Å². The number of methoxy groups -OCH3 is 1. The molecule has 57 heavy (non-hydrogen) atoms. The van der Waals surface area contributed by atoms with Crippen LogP contribution >= 0.6 is 0 Å². The van der Waals surface area contributed by atoms with E-state index in [4.69, 9.17) is 18.9 Å². The molecule has 0 fully saturated rings. The van der Waals surface area contributed by atoms with Gasteiger partial charge in [-0.25, -0.2) is 9.80 Å². The van der Waals surface area contributed by atoms with Gasteiger partial charge in [-0.3, -0.25) is 24.0 Å². The van der Waals surface area contributed by atoms with Crippen LogP contribution in [0.1, 0.15) is 73.3 Å². The molecule has 0 spiro atoms. The van der Waals surface area contributed by atoms with Gasteiger partial charge < -0.3 is 18.9 Å². The monoisotopic (exact) mass is 758 g/mol. The van der Waals surface area contributed by atoms with Crippen LogP contribution in [-0.4, -0.2) is 36.7 Å². The van der Waals surface area contributed by atoms with Crippen molar-refractivity contribution in [2.45, 2.75) is 26.2 Å². The number of fused-ring (bicyclic) bond motifs is 2. The summed E-state index contributed by atoms with van der Waals surface area (Å²) >= 11 is 0. The molecular weight excluding hydrogens is 725 g/mol. The maximum Gasteiger partial charge on any atom is 0.308 e. The SMILES string of the molecule is COc1ccc(N2C(=O)c3ccc(Oc4ccc(C(C)(C)c5ccc(Oc6ccc7c(c6)C(=O)N(c6ccc(OC(C)=O)cc6)C7=O)cc5)cc4)cc3C2=O)cc1. The molecule has 6 aromatic rings. The highest BCUT2D eigenvalue weighted by atomic mass is 16.5. The Balaban J connectivity index is 0.919. The van der Waals surface area contributed by atoms with Gasteiger partial charge in [-0.1, -0.05) is 38.1 Å². The number of rotatable bonds is 10. The van der Waals surface area contributed by atoms with Gasteiger partial charge in [0.15, 0.2) is 0 Å². The highest BCUT2D eigenvalue weighted by Gasteiger charge is 2.38. The lowest BCUT2D eigenvalue weighted by atomic mass is 9.78. The molecule has 8 rings (SSSR count). The second-order valence-electron chi connectivity index (χ2n) is 14.0. The molecule has 282 valence electrons. The Morgan fingerprint density at radius 1 is 0.456 bits per heavy atom. The molecule has 0 aromatic heterocycles. The topological polar surface area (TPSA) is 129 Å². The molecule has 2 aliphatic rings. The van der Waals surface area contributed by atoms with E-state index in [1.165, 1.54) is 19.1 Å². The Bertz CT molecular complexity index is 2600. The lowest BCUT2D eigenvalue weighted by Crippen LogP contribution is -2.29. The first kappa shape index (κ1) is 36.4. The van der Waals surface area contributed by atoms with Gasteiger partial charge in [0.25, 0.3) is 23.6 Å². The summed E-state index contributed by atoms with van der Waals surface area (Å²) in [5.74, 6) is 0.646. The minimum atomic E-state index is -0.481. The van der Waals surface area contributed by atoms with Crippen molar-refractivity contribution in [2.24, 2.45) is 0 Å². The van der Waals surface area contributed by atoms with E-state index < -0.39 is 35.0 Å². The predicted molar refractivity (Wildman–Crippen MR) is 211 cm³/mol. The van der Waals surface area contributed by atoms with Crippen LogP contribution in [0.2, 0.25) is 0 Å². The number of anilines is 2. The third-order valence-corrected chi connectivity index (χ3v) is 10.0. The van der Waals surface area contributed by atoms with Gasteiger partial charge in [-0.05, 0) is 120 Å². The first-order valence-electron chi connectivity index (χ1n) is 18.0. The Labute approximate surface area is 327 Å². The number of esters is 1. The van der Waals surface area contributed by atoms with Crippen LogP contribution in [0.4, 0.5) is 11.4 Å². The number of carbonyl (C=O) groups is 5. The molecule has 0 aliphatic carbocycles. The lowest BCUT2D eigenvalue weighted by molar-refractivity contribution is -0.131. The van der Waals surface area contributed by atoms with Crippen LogP contribution in [0.15, 0.2) is 133 Å². The zero-order valence-electron chi connectivity index (χ0n) is 31.3. The average molecular weight is 759 g/mol. The van der Waals surface area contributed by atoms with E-state index >= 15 is 0 Å². The van der Waals surface area contributed by atoms with E-state index in [1.54, 1.807) is 79.9 Å². The summed E-state index contributed by atoms with van der Waals surface area (Å²) in [6, 6.07) is 37.8. The Morgan fingerprint density at radius 2 is 0.807 bits per heavy atom. The molecule has 0 saturated carbocycles. The van der Waals surface area contributed by atoms with Gasteiger partial charge in [0, 0.05) is 12.3 Å². The first-order valence-corrected chi connectivity index (χ1v) is 18.0. The Kier molecular flexibility index (Phi) is 9.13. The van der Waals surface area contributed by atoms with Crippen LogP contribution in [0.25, 0.3) is 0 Å². The fraction of sp³-hybridized carbons (Fsp3) is 0.109. The van der Waals surface area contributed by atoms with E-state index in [2.05, 4.69) is 13.8 Å². The Hall–Kier alpha value is -7.53. The number of nitrogens with zero attached hydrogens (tertiary/aromatic N) is 2. The Morgan fingerprint density at radius 3 is 1.19 bits per heavy atom. The fourth-order valence-electron chi connectivity index (χ4n) is 6.91. The van der Waals surface area contributed by atoms with Crippen LogP contribution in [0.5, 0.6) is 34.5 Å². The van der Waals surface area contributed by atoms with Crippen LogP contribution in [-0.2, 0) is 10.2 Å². The smallest absolute Gasteiger partial charge is 0.308 e. The minimum Gasteiger partial charge on any atom is -0.497 e. The molecule has 2 heterocycles. The number of amides is 4. The number of benzene rings is 6. The van der Waals surface area contributed by atoms with E-state index in [0.29, 0.717) is 51.4 Å². The summed E-state index contributed by atoms with van der Waals surface area (Å²) in [5, 5.41) is 0. The first-order chi connectivity index (χ1) is 27.4. The summed E-state index contributed by atoms with van der Waals surface area (Å²) in [7, 11) is 1.55. The minimum absolute atomic E-state index is 0.225. The maximum absolute atomic E-state index is 13.3. The summed E-state index contributed by atoms with van der Waals surface area (Å²) in [6.07, 6.45) is 0. The highest BCUT2D eigenvalue weighted by molar-refractivity contribution is 6.35. The number of hydrogen-bond acceptors (Lipinski definition) is 9. The summed E-state index contributed by atoms with van der Waals surface area (Å²) in [5.41, 5.74) is 3.53. The molecule has 11 nitrogen and oxygen atoms in total. The second-order valence-corrected chi connectivity index (χ2v) is 14.0. The third kappa shape index (κ3) is 6.76. The molecule has 0 unspecified atom stereocenters. The van der Waals surface area contributed by atoms with Crippen molar-refractivity contribution in [2.75, 3.05) is 16.9 Å². The molecular formula is C46H34N2O9. The molecule has 0 saturated heterocycles. The molecule has 2 aliphatic heterocycles. The maximum atomic E-state index is 13.3. The number of imide groups is 2. The van der Waals surface area contributed by atoms with Crippen molar-refractivity contribution in [1.82, 2.24) is 0 Å². The van der Waals surface area contributed by atoms with Crippen molar-refractivity contribution < 1.29 is 42.9 Å². The second kappa shape index (κ2) is 14.3. The van der Waals surface area contributed by atoms with Crippen molar-refractivity contribution >= 4 is 41.0 Å². The molecule has 11 heteroatoms. The van der Waals surface area contributed by atoms with Crippen LogP contribution in [0, 0.1) is 0 Å². The fourth-order valence-corrected chi connectivity index (χ4v) is 6.91. The number of hydrogen-bond donors (Lipinski definition) is 0. The standard InChI is InChI=1S/C46H34N2O9/c1-27(49)55-33-19-11-31(12-20-33)48-43(51)39-24-22-37(26-41(39)45(48)53)57-35-15-7-29(8-16-35)46(2,3)28-5-13-34(14-6-28)56-36-21-23-38-40(25-36)44(52)47(42(38)50)30-9-17-32(54-4)18-10-30/h5-26H,1-4H3. The zero-order chi connectivity index (χ0) is 40.0. The highest BCUT2D eigenvalue weighted by Crippen LogP contribution is 2.38. The predicted octanol–water partition coefficient (Wildman–Crippen LogP) is 9.13. The molecule has 0 atom stereocenters. The van der Waals surface area contributed by atoms with Crippen molar-refractivity contribution in [3.63, 3.8) is 0 Å². The summed E-state index contributed by atoms with van der Waals surface area (Å²) < 4.78 is 22.5. The summed E-state index contributed by atoms with van der Waals surface area (Å²) in [4.78, 5) is 66.4. The zero-order valence-corrected chi connectivity index (χ0v) is 31.3. The molecule has 0 bridgehead atoms. The van der Waals surface area contributed by atoms with Crippen LogP contribution < -0.4 is 28.7 Å². The lowest BCUT2D eigenvalue weighted by Gasteiger charge is -2.26. The molecule has 0 N–H and O–H groups in total. The van der Waals surface area contributed by atoms with Gasteiger partial charge in [-0.15, -0.1) is 0 Å².